The van der Waals surface area contributed by atoms with Gasteiger partial charge in [0.15, 0.2) is 5.82 Å². The van der Waals surface area contributed by atoms with Gasteiger partial charge in [0.1, 0.15) is 6.54 Å². The topological polar surface area (TPSA) is 96.6 Å². The monoisotopic (exact) mass is 334 g/mol. The average Bonchev–Trinajstić information content (AvgIpc) is 3.08. The summed E-state index contributed by atoms with van der Waals surface area (Å²) in [4.78, 5) is 43.2. The predicted molar refractivity (Wildman–Crippen MR) is 82.7 cm³/mol. The van der Waals surface area contributed by atoms with Crippen LogP contribution >= 0.6 is 0 Å². The lowest BCUT2D eigenvalue weighted by Gasteiger charge is -2.28. The molecule has 130 valence electrons. The summed E-state index contributed by atoms with van der Waals surface area (Å²) in [6, 6.07) is -0.757. The van der Waals surface area contributed by atoms with Crippen molar-refractivity contribution in [3.8, 4) is 0 Å². The highest BCUT2D eigenvalue weighted by Crippen LogP contribution is 2.27. The number of imide groups is 2. The third kappa shape index (κ3) is 2.92. The molecule has 0 unspecified atom stereocenters. The maximum Gasteiger partial charge on any atom is 0.334 e. The van der Waals surface area contributed by atoms with E-state index in [1.165, 1.54) is 0 Å². The maximum atomic E-state index is 12.6. The molecule has 0 aromatic carbocycles. The smallest absolute Gasteiger partial charge is 0.334 e. The molecular formula is C16H22N4O4. The number of aromatic nitrogens is 2. The first-order chi connectivity index (χ1) is 11.3. The molecule has 2 aliphatic rings. The van der Waals surface area contributed by atoms with E-state index in [0.717, 1.165) is 41.9 Å². The van der Waals surface area contributed by atoms with Gasteiger partial charge < -0.3 is 4.52 Å². The maximum absolute atomic E-state index is 12.6. The summed E-state index contributed by atoms with van der Waals surface area (Å²) in [6.07, 6.45) is 4.55. The zero-order chi connectivity index (χ0) is 17.5. The standard InChI is InChI=1S/C16H22N4O4/c1-16(2,3)14-17-11(24-18-14)9-19-12(21)13(22)20(15(19)23)10-7-5-4-6-8-10/h10H,4-9H2,1-3H3. The quantitative estimate of drug-likeness (QED) is 0.619. The van der Waals surface area contributed by atoms with Crippen molar-refractivity contribution in [2.45, 2.75) is 70.9 Å². The molecule has 1 saturated carbocycles. The Morgan fingerprint density at radius 3 is 2.33 bits per heavy atom. The Kier molecular flexibility index (Phi) is 4.15. The van der Waals surface area contributed by atoms with E-state index in [4.69, 9.17) is 4.52 Å². The lowest BCUT2D eigenvalue weighted by molar-refractivity contribution is -0.144. The van der Waals surface area contributed by atoms with Crippen LogP contribution in [0.15, 0.2) is 4.52 Å². The summed E-state index contributed by atoms with van der Waals surface area (Å²) >= 11 is 0. The van der Waals surface area contributed by atoms with Crippen LogP contribution in [0.5, 0.6) is 0 Å². The number of urea groups is 1. The van der Waals surface area contributed by atoms with E-state index in [1.807, 2.05) is 20.8 Å². The van der Waals surface area contributed by atoms with E-state index in [1.54, 1.807) is 0 Å². The summed E-state index contributed by atoms with van der Waals surface area (Å²) in [7, 11) is 0. The fraction of sp³-hybridized carbons (Fsp3) is 0.688. The third-order valence-electron chi connectivity index (χ3n) is 4.46. The van der Waals surface area contributed by atoms with Gasteiger partial charge in [-0.2, -0.15) is 4.98 Å². The number of hydrogen-bond acceptors (Lipinski definition) is 6. The van der Waals surface area contributed by atoms with Gasteiger partial charge in [-0.3, -0.25) is 14.5 Å². The molecule has 0 N–H and O–H groups in total. The number of rotatable bonds is 3. The molecule has 2 heterocycles. The highest BCUT2D eigenvalue weighted by molar-refractivity contribution is 6.44. The molecule has 1 aromatic heterocycles. The molecule has 0 spiro atoms. The van der Waals surface area contributed by atoms with Crippen LogP contribution in [0, 0.1) is 0 Å². The van der Waals surface area contributed by atoms with Gasteiger partial charge in [0, 0.05) is 11.5 Å². The number of carbonyl (C=O) groups is 3. The molecule has 0 atom stereocenters. The molecule has 1 saturated heterocycles. The van der Waals surface area contributed by atoms with Crippen LogP contribution in [0.3, 0.4) is 0 Å². The van der Waals surface area contributed by atoms with E-state index in [0.29, 0.717) is 5.82 Å². The second kappa shape index (κ2) is 5.99. The number of nitrogens with zero attached hydrogens (tertiary/aromatic N) is 4. The van der Waals surface area contributed by atoms with Crippen molar-refractivity contribution in [3.05, 3.63) is 11.7 Å². The second-order valence-corrected chi connectivity index (χ2v) is 7.40. The van der Waals surface area contributed by atoms with Crippen molar-refractivity contribution in [1.29, 1.82) is 0 Å². The van der Waals surface area contributed by atoms with E-state index < -0.39 is 17.8 Å². The normalized spacial score (nSPS) is 20.4. The number of amides is 4. The van der Waals surface area contributed by atoms with Gasteiger partial charge in [-0.1, -0.05) is 45.2 Å². The number of carbonyl (C=O) groups excluding carboxylic acids is 3. The zero-order valence-corrected chi connectivity index (χ0v) is 14.2. The Bertz CT molecular complexity index is 670. The fourth-order valence-electron chi connectivity index (χ4n) is 3.08. The first-order valence-electron chi connectivity index (χ1n) is 8.31. The first-order valence-corrected chi connectivity index (χ1v) is 8.31. The largest absolute Gasteiger partial charge is 0.337 e. The van der Waals surface area contributed by atoms with E-state index in [2.05, 4.69) is 10.1 Å². The van der Waals surface area contributed by atoms with Gasteiger partial charge >= 0.3 is 17.8 Å². The second-order valence-electron chi connectivity index (χ2n) is 7.40. The molecule has 0 bridgehead atoms. The molecule has 3 rings (SSSR count). The van der Waals surface area contributed by atoms with Gasteiger partial charge in [-0.15, -0.1) is 0 Å². The lowest BCUT2D eigenvalue weighted by Crippen LogP contribution is -2.42. The van der Waals surface area contributed by atoms with Crippen molar-refractivity contribution in [2.24, 2.45) is 0 Å². The Hall–Kier alpha value is -2.25. The van der Waals surface area contributed by atoms with Crippen LogP contribution in [-0.2, 0) is 21.5 Å². The predicted octanol–water partition coefficient (Wildman–Crippen LogP) is 1.99. The summed E-state index contributed by atoms with van der Waals surface area (Å²) in [5.41, 5.74) is -0.301. The zero-order valence-electron chi connectivity index (χ0n) is 14.2. The summed E-state index contributed by atoms with van der Waals surface area (Å²) in [5.74, 6) is -0.921. The minimum atomic E-state index is -0.818. The van der Waals surface area contributed by atoms with Gasteiger partial charge in [0.2, 0.25) is 5.89 Å². The van der Waals surface area contributed by atoms with E-state index >= 15 is 0 Å². The van der Waals surface area contributed by atoms with Crippen LogP contribution in [0.1, 0.15) is 64.6 Å². The average molecular weight is 334 g/mol. The van der Waals surface area contributed by atoms with Crippen molar-refractivity contribution >= 4 is 17.8 Å². The van der Waals surface area contributed by atoms with Crippen molar-refractivity contribution in [1.82, 2.24) is 19.9 Å². The van der Waals surface area contributed by atoms with Gasteiger partial charge in [0.25, 0.3) is 0 Å². The van der Waals surface area contributed by atoms with Crippen LogP contribution in [0.4, 0.5) is 4.79 Å². The van der Waals surface area contributed by atoms with Crippen LogP contribution in [0.2, 0.25) is 0 Å². The Balaban J connectivity index is 1.76. The lowest BCUT2D eigenvalue weighted by atomic mass is 9.94. The SMILES string of the molecule is CC(C)(C)c1noc(CN2C(=O)C(=O)N(C3CCCCC3)C2=O)n1. The first kappa shape index (κ1) is 16.6. The van der Waals surface area contributed by atoms with Crippen molar-refractivity contribution in [3.63, 3.8) is 0 Å². The molecule has 2 fully saturated rings. The van der Waals surface area contributed by atoms with Gasteiger partial charge in [0.05, 0.1) is 0 Å². The van der Waals surface area contributed by atoms with Crippen LogP contribution in [0.25, 0.3) is 0 Å². The molecule has 1 aromatic rings. The molecule has 8 nitrogen and oxygen atoms in total. The minimum Gasteiger partial charge on any atom is -0.337 e. The van der Waals surface area contributed by atoms with Crippen LogP contribution in [-0.4, -0.2) is 43.8 Å². The van der Waals surface area contributed by atoms with Crippen molar-refractivity contribution in [2.75, 3.05) is 0 Å². The third-order valence-corrected chi connectivity index (χ3v) is 4.46. The molecule has 1 aliphatic carbocycles. The molecule has 0 radical (unpaired) electrons. The molecular weight excluding hydrogens is 312 g/mol. The highest BCUT2D eigenvalue weighted by atomic mass is 16.5. The van der Waals surface area contributed by atoms with E-state index in [-0.39, 0.29) is 23.9 Å². The Labute approximate surface area is 140 Å². The summed E-state index contributed by atoms with van der Waals surface area (Å²) in [6.45, 7) is 5.63. The molecule has 1 aliphatic heterocycles. The van der Waals surface area contributed by atoms with E-state index in [9.17, 15) is 14.4 Å². The summed E-state index contributed by atoms with van der Waals surface area (Å²) < 4.78 is 5.13. The Morgan fingerprint density at radius 1 is 1.08 bits per heavy atom. The molecule has 4 amide bonds. The van der Waals surface area contributed by atoms with Gasteiger partial charge in [-0.05, 0) is 12.8 Å². The Morgan fingerprint density at radius 2 is 1.75 bits per heavy atom. The fourth-order valence-corrected chi connectivity index (χ4v) is 3.08. The van der Waals surface area contributed by atoms with Crippen molar-refractivity contribution < 1.29 is 18.9 Å². The number of hydrogen-bond donors (Lipinski definition) is 0. The molecule has 8 heteroatoms. The van der Waals surface area contributed by atoms with Gasteiger partial charge in [-0.25, -0.2) is 9.69 Å². The minimum absolute atomic E-state index is 0.153. The van der Waals surface area contributed by atoms with Crippen LogP contribution < -0.4 is 0 Å². The summed E-state index contributed by atoms with van der Waals surface area (Å²) in [5, 5.41) is 3.87. The highest BCUT2D eigenvalue weighted by Gasteiger charge is 2.48. The molecule has 24 heavy (non-hydrogen) atoms.